The van der Waals surface area contributed by atoms with Gasteiger partial charge in [-0.05, 0) is 25.1 Å². The summed E-state index contributed by atoms with van der Waals surface area (Å²) < 4.78 is 0. The van der Waals surface area contributed by atoms with E-state index in [4.69, 9.17) is 11.6 Å². The maximum Gasteiger partial charge on any atom is 0.233 e. The number of anilines is 1. The molecule has 0 saturated heterocycles. The van der Waals surface area contributed by atoms with Crippen molar-refractivity contribution in [2.75, 3.05) is 11.9 Å². The van der Waals surface area contributed by atoms with Crippen molar-refractivity contribution in [1.82, 2.24) is 5.32 Å². The van der Waals surface area contributed by atoms with Crippen LogP contribution in [0.2, 0.25) is 5.02 Å². The van der Waals surface area contributed by atoms with Gasteiger partial charge in [-0.15, -0.1) is 0 Å². The molecule has 0 aliphatic heterocycles. The molecule has 0 spiro atoms. The van der Waals surface area contributed by atoms with Gasteiger partial charge < -0.3 is 15.7 Å². The lowest BCUT2D eigenvalue weighted by atomic mass is 10.1. The fourth-order valence-corrected chi connectivity index (χ4v) is 2.38. The minimum atomic E-state index is -0.928. The van der Waals surface area contributed by atoms with Gasteiger partial charge in [-0.2, -0.15) is 0 Å². The van der Waals surface area contributed by atoms with Crippen molar-refractivity contribution >= 4 is 29.1 Å². The molecule has 0 bridgehead atoms. The summed E-state index contributed by atoms with van der Waals surface area (Å²) >= 11 is 5.98. The van der Waals surface area contributed by atoms with Crippen molar-refractivity contribution in [3.63, 3.8) is 0 Å². The van der Waals surface area contributed by atoms with Crippen molar-refractivity contribution in [2.24, 2.45) is 0 Å². The van der Waals surface area contributed by atoms with Gasteiger partial charge in [0, 0.05) is 22.8 Å². The quantitative estimate of drug-likeness (QED) is 0.704. The number of hydrogen-bond donors (Lipinski definition) is 3. The molecular formula is C18H19ClN2O3. The van der Waals surface area contributed by atoms with Gasteiger partial charge in [0.2, 0.25) is 11.8 Å². The summed E-state index contributed by atoms with van der Waals surface area (Å²) in [5.74, 6) is -0.880. The summed E-state index contributed by atoms with van der Waals surface area (Å²) in [5.41, 5.74) is 2.25. The largest absolute Gasteiger partial charge is 0.387 e. The number of rotatable bonds is 6. The first-order valence-electron chi connectivity index (χ1n) is 7.51. The summed E-state index contributed by atoms with van der Waals surface area (Å²) in [4.78, 5) is 23.6. The molecule has 0 unspecified atom stereocenters. The number of amides is 2. The zero-order valence-electron chi connectivity index (χ0n) is 13.3. The van der Waals surface area contributed by atoms with Gasteiger partial charge in [-0.3, -0.25) is 9.59 Å². The van der Waals surface area contributed by atoms with E-state index in [1.807, 2.05) is 19.1 Å². The van der Waals surface area contributed by atoms with E-state index in [1.165, 1.54) is 0 Å². The summed E-state index contributed by atoms with van der Waals surface area (Å²) in [6, 6.07) is 14.1. The monoisotopic (exact) mass is 346 g/mol. The lowest BCUT2D eigenvalue weighted by Gasteiger charge is -2.13. The number of nitrogens with one attached hydrogen (secondary N) is 2. The fourth-order valence-electron chi connectivity index (χ4n) is 2.12. The number of aliphatic hydroxyl groups is 1. The van der Waals surface area contributed by atoms with E-state index >= 15 is 0 Å². The second-order valence-corrected chi connectivity index (χ2v) is 5.84. The molecule has 0 heterocycles. The molecule has 0 saturated carbocycles. The Hall–Kier alpha value is -2.37. The van der Waals surface area contributed by atoms with Crippen molar-refractivity contribution in [3.05, 3.63) is 64.7 Å². The molecule has 1 atom stereocenters. The van der Waals surface area contributed by atoms with Gasteiger partial charge >= 0.3 is 0 Å². The number of aliphatic hydroxyl groups excluding tert-OH is 1. The van der Waals surface area contributed by atoms with Gasteiger partial charge in [0.15, 0.2) is 0 Å². The molecule has 24 heavy (non-hydrogen) atoms. The van der Waals surface area contributed by atoms with Gasteiger partial charge in [-0.25, -0.2) is 0 Å². The first kappa shape index (κ1) is 18.0. The highest BCUT2D eigenvalue weighted by Crippen LogP contribution is 2.21. The van der Waals surface area contributed by atoms with Crippen molar-refractivity contribution in [1.29, 1.82) is 0 Å². The van der Waals surface area contributed by atoms with E-state index in [1.54, 1.807) is 36.4 Å². The maximum atomic E-state index is 11.8. The Kier molecular flexibility index (Phi) is 6.35. The molecule has 2 rings (SSSR count). The number of hydrogen-bond acceptors (Lipinski definition) is 3. The van der Waals surface area contributed by atoms with Crippen LogP contribution in [-0.4, -0.2) is 23.5 Å². The van der Waals surface area contributed by atoms with Crippen LogP contribution in [0.25, 0.3) is 0 Å². The molecule has 2 aromatic carbocycles. The van der Waals surface area contributed by atoms with Crippen LogP contribution in [0.4, 0.5) is 5.69 Å². The van der Waals surface area contributed by atoms with E-state index in [-0.39, 0.29) is 13.0 Å². The van der Waals surface area contributed by atoms with Crippen LogP contribution in [0.1, 0.15) is 23.7 Å². The van der Waals surface area contributed by atoms with Crippen LogP contribution in [0.3, 0.4) is 0 Å². The highest BCUT2D eigenvalue weighted by atomic mass is 35.5. The molecule has 126 valence electrons. The second-order valence-electron chi connectivity index (χ2n) is 5.43. The fraction of sp³-hybridized carbons (Fsp3) is 0.222. The molecule has 2 aromatic rings. The van der Waals surface area contributed by atoms with Gasteiger partial charge in [0.05, 0.1) is 6.10 Å². The number of halogens is 1. The zero-order chi connectivity index (χ0) is 17.5. The number of carbonyl (C=O) groups excluding carboxylic acids is 2. The van der Waals surface area contributed by atoms with Crippen LogP contribution in [0, 0.1) is 6.92 Å². The number of carbonyl (C=O) groups is 2. The van der Waals surface area contributed by atoms with E-state index in [2.05, 4.69) is 10.6 Å². The van der Waals surface area contributed by atoms with Crippen LogP contribution < -0.4 is 10.6 Å². The highest BCUT2D eigenvalue weighted by Gasteiger charge is 2.14. The van der Waals surface area contributed by atoms with Gasteiger partial charge in [-0.1, -0.05) is 47.5 Å². The van der Waals surface area contributed by atoms with Gasteiger partial charge in [0.25, 0.3) is 0 Å². The minimum absolute atomic E-state index is 0.0135. The summed E-state index contributed by atoms with van der Waals surface area (Å²) in [6.45, 7) is 1.93. The SMILES string of the molecule is Cc1ccc(NC(=O)CC(=O)NC[C@@H](O)c2ccccc2Cl)cc1. The normalized spacial score (nSPS) is 11.6. The van der Waals surface area contributed by atoms with E-state index in [0.29, 0.717) is 16.3 Å². The molecule has 3 N–H and O–H groups in total. The Morgan fingerprint density at radius 1 is 1.08 bits per heavy atom. The average Bonchev–Trinajstić information content (AvgIpc) is 2.55. The maximum absolute atomic E-state index is 11.8. The first-order chi connectivity index (χ1) is 11.5. The van der Waals surface area contributed by atoms with Crippen LogP contribution in [0.5, 0.6) is 0 Å². The smallest absolute Gasteiger partial charge is 0.233 e. The van der Waals surface area contributed by atoms with Crippen molar-refractivity contribution < 1.29 is 14.7 Å². The third kappa shape index (κ3) is 5.37. The Balaban J connectivity index is 1.79. The average molecular weight is 347 g/mol. The Bertz CT molecular complexity index is 716. The van der Waals surface area contributed by atoms with Crippen molar-refractivity contribution in [2.45, 2.75) is 19.4 Å². The number of benzene rings is 2. The van der Waals surface area contributed by atoms with E-state index in [0.717, 1.165) is 5.56 Å². The molecular weight excluding hydrogens is 328 g/mol. The van der Waals surface area contributed by atoms with Crippen LogP contribution in [-0.2, 0) is 9.59 Å². The van der Waals surface area contributed by atoms with Crippen molar-refractivity contribution in [3.8, 4) is 0 Å². The molecule has 0 aliphatic rings. The Morgan fingerprint density at radius 3 is 2.42 bits per heavy atom. The first-order valence-corrected chi connectivity index (χ1v) is 7.89. The molecule has 5 nitrogen and oxygen atoms in total. The highest BCUT2D eigenvalue weighted by molar-refractivity contribution is 6.31. The summed E-state index contributed by atoms with van der Waals surface area (Å²) in [7, 11) is 0. The molecule has 0 aromatic heterocycles. The standard InChI is InChI=1S/C18H19ClN2O3/c1-12-6-8-13(9-7-12)21-18(24)10-17(23)20-11-16(22)14-4-2-3-5-15(14)19/h2-9,16,22H,10-11H2,1H3,(H,20,23)(H,21,24)/t16-/m1/s1. The predicted octanol–water partition coefficient (Wildman–Crippen LogP) is 2.83. The molecule has 2 amide bonds. The summed E-state index contributed by atoms with van der Waals surface area (Å²) in [6.07, 6.45) is -1.24. The molecule has 0 aliphatic carbocycles. The molecule has 0 radical (unpaired) electrons. The Labute approximate surface area is 145 Å². The van der Waals surface area contributed by atoms with Crippen LogP contribution in [0.15, 0.2) is 48.5 Å². The third-order valence-electron chi connectivity index (χ3n) is 3.41. The summed E-state index contributed by atoms with van der Waals surface area (Å²) in [5, 5.41) is 15.6. The lowest BCUT2D eigenvalue weighted by molar-refractivity contribution is -0.127. The third-order valence-corrected chi connectivity index (χ3v) is 3.76. The lowest BCUT2D eigenvalue weighted by Crippen LogP contribution is -2.31. The van der Waals surface area contributed by atoms with E-state index < -0.39 is 17.9 Å². The van der Waals surface area contributed by atoms with Gasteiger partial charge in [0.1, 0.15) is 6.42 Å². The minimum Gasteiger partial charge on any atom is -0.387 e. The molecule has 6 heteroatoms. The predicted molar refractivity (Wildman–Crippen MR) is 93.8 cm³/mol. The second kappa shape index (κ2) is 8.47. The Morgan fingerprint density at radius 2 is 1.75 bits per heavy atom. The number of aryl methyl sites for hydroxylation is 1. The topological polar surface area (TPSA) is 78.4 Å². The zero-order valence-corrected chi connectivity index (χ0v) is 14.0. The van der Waals surface area contributed by atoms with E-state index in [9.17, 15) is 14.7 Å². The molecule has 0 fully saturated rings. The van der Waals surface area contributed by atoms with Crippen LogP contribution >= 0.6 is 11.6 Å².